The first-order chi connectivity index (χ1) is 7.36. The number of nitrogens with one attached hydrogen (secondary N) is 1. The first-order valence-electron chi connectivity index (χ1n) is 4.90. The van der Waals surface area contributed by atoms with Crippen molar-refractivity contribution in [2.75, 3.05) is 6.61 Å². The minimum atomic E-state index is -0.121. The molecule has 0 aliphatic heterocycles. The van der Waals surface area contributed by atoms with Crippen LogP contribution in [0.25, 0.3) is 11.0 Å². The van der Waals surface area contributed by atoms with Gasteiger partial charge in [-0.2, -0.15) is 0 Å². The Kier molecular flexibility index (Phi) is 2.78. The summed E-state index contributed by atoms with van der Waals surface area (Å²) in [5.41, 5.74) is 2.76. The van der Waals surface area contributed by atoms with E-state index in [2.05, 4.69) is 22.0 Å². The minimum Gasteiger partial charge on any atom is -0.370 e. The van der Waals surface area contributed by atoms with E-state index in [0.717, 1.165) is 16.6 Å². The van der Waals surface area contributed by atoms with Gasteiger partial charge < -0.3 is 4.74 Å². The first-order valence-corrected chi connectivity index (χ1v) is 4.90. The summed E-state index contributed by atoms with van der Waals surface area (Å²) < 4.78 is 5.55. The molecule has 78 valence electrons. The lowest BCUT2D eigenvalue weighted by Crippen LogP contribution is -2.01. The van der Waals surface area contributed by atoms with Crippen LogP contribution in [-0.4, -0.2) is 22.0 Å². The molecule has 1 unspecified atom stereocenters. The zero-order valence-corrected chi connectivity index (χ0v) is 8.60. The molecule has 2 aromatic rings. The van der Waals surface area contributed by atoms with E-state index in [4.69, 9.17) is 4.74 Å². The molecular formula is C11H13N3O. The number of fused-ring (bicyclic) bond motifs is 1. The van der Waals surface area contributed by atoms with Gasteiger partial charge in [0.1, 0.15) is 11.6 Å². The molecule has 2 rings (SSSR count). The van der Waals surface area contributed by atoms with Crippen LogP contribution in [0.1, 0.15) is 18.6 Å². The van der Waals surface area contributed by atoms with E-state index in [1.165, 1.54) is 0 Å². The van der Waals surface area contributed by atoms with Gasteiger partial charge in [-0.05, 0) is 13.0 Å². The Balaban J connectivity index is 2.48. The largest absolute Gasteiger partial charge is 0.370 e. The molecule has 0 saturated carbocycles. The van der Waals surface area contributed by atoms with Crippen LogP contribution in [0.2, 0.25) is 0 Å². The zero-order chi connectivity index (χ0) is 10.7. The van der Waals surface area contributed by atoms with Gasteiger partial charge in [0.15, 0.2) is 0 Å². The van der Waals surface area contributed by atoms with Gasteiger partial charge in [-0.3, -0.25) is 5.10 Å². The highest BCUT2D eigenvalue weighted by Gasteiger charge is 2.12. The van der Waals surface area contributed by atoms with Gasteiger partial charge in [0.25, 0.3) is 0 Å². The van der Waals surface area contributed by atoms with Crippen LogP contribution in [0, 0.1) is 0 Å². The molecule has 0 fully saturated rings. The summed E-state index contributed by atoms with van der Waals surface area (Å²) in [6.07, 6.45) is 1.65. The van der Waals surface area contributed by atoms with Crippen molar-refractivity contribution in [1.82, 2.24) is 15.4 Å². The minimum absolute atomic E-state index is 0.121. The summed E-state index contributed by atoms with van der Waals surface area (Å²) in [5.74, 6) is 0. The predicted molar refractivity (Wildman–Crippen MR) is 58.5 cm³/mol. The van der Waals surface area contributed by atoms with Crippen LogP contribution < -0.4 is 0 Å². The van der Waals surface area contributed by atoms with E-state index in [-0.39, 0.29) is 6.10 Å². The van der Waals surface area contributed by atoms with Gasteiger partial charge in [-0.25, -0.2) is 0 Å². The molecule has 0 saturated heterocycles. The van der Waals surface area contributed by atoms with Gasteiger partial charge in [0.05, 0.1) is 5.52 Å². The van der Waals surface area contributed by atoms with Crippen LogP contribution in [0.4, 0.5) is 0 Å². The van der Waals surface area contributed by atoms with Crippen molar-refractivity contribution in [3.8, 4) is 0 Å². The van der Waals surface area contributed by atoms with Crippen LogP contribution >= 0.6 is 0 Å². The average molecular weight is 203 g/mol. The third kappa shape index (κ3) is 1.76. The lowest BCUT2D eigenvalue weighted by molar-refractivity contribution is 0.0979. The van der Waals surface area contributed by atoms with Crippen LogP contribution in [0.5, 0.6) is 0 Å². The smallest absolute Gasteiger partial charge is 0.119 e. The molecule has 0 aliphatic rings. The van der Waals surface area contributed by atoms with E-state index in [1.54, 1.807) is 6.08 Å². The summed E-state index contributed by atoms with van der Waals surface area (Å²) in [7, 11) is 0. The Bertz CT molecular complexity index is 464. The van der Waals surface area contributed by atoms with Crippen molar-refractivity contribution < 1.29 is 4.74 Å². The van der Waals surface area contributed by atoms with Crippen molar-refractivity contribution in [3.63, 3.8) is 0 Å². The molecule has 4 heteroatoms. The van der Waals surface area contributed by atoms with Crippen molar-refractivity contribution in [2.45, 2.75) is 13.0 Å². The molecule has 0 aliphatic carbocycles. The summed E-state index contributed by atoms with van der Waals surface area (Å²) in [5, 5.41) is 10.6. The molecule has 1 N–H and O–H groups in total. The van der Waals surface area contributed by atoms with Gasteiger partial charge in [-0.1, -0.05) is 23.4 Å². The highest BCUT2D eigenvalue weighted by molar-refractivity contribution is 5.77. The Labute approximate surface area is 87.9 Å². The third-order valence-corrected chi connectivity index (χ3v) is 2.25. The number of aromatic amines is 1. The second kappa shape index (κ2) is 4.23. The normalized spacial score (nSPS) is 12.9. The van der Waals surface area contributed by atoms with Crippen molar-refractivity contribution in [3.05, 3.63) is 36.4 Å². The van der Waals surface area contributed by atoms with E-state index >= 15 is 0 Å². The highest BCUT2D eigenvalue weighted by atomic mass is 16.5. The molecule has 0 amide bonds. The fourth-order valence-electron chi connectivity index (χ4n) is 1.59. The number of ether oxygens (including phenoxy) is 1. The number of benzene rings is 1. The molecule has 0 spiro atoms. The molecule has 1 aromatic heterocycles. The zero-order valence-electron chi connectivity index (χ0n) is 8.60. The summed E-state index contributed by atoms with van der Waals surface area (Å²) >= 11 is 0. The Hall–Kier alpha value is -1.68. The number of aromatic nitrogens is 3. The average Bonchev–Trinajstić information content (AvgIpc) is 2.73. The topological polar surface area (TPSA) is 50.8 Å². The first kappa shape index (κ1) is 9.86. The van der Waals surface area contributed by atoms with E-state index in [0.29, 0.717) is 6.61 Å². The fourth-order valence-corrected chi connectivity index (χ4v) is 1.59. The maximum absolute atomic E-state index is 5.55. The number of H-pyrrole nitrogens is 1. The molecular weight excluding hydrogens is 190 g/mol. The van der Waals surface area contributed by atoms with Gasteiger partial charge in [0.2, 0.25) is 0 Å². The van der Waals surface area contributed by atoms with Gasteiger partial charge in [-0.15, -0.1) is 11.7 Å². The number of rotatable bonds is 4. The lowest BCUT2D eigenvalue weighted by atomic mass is 10.1. The van der Waals surface area contributed by atoms with E-state index < -0.39 is 0 Å². The molecule has 0 bridgehead atoms. The number of hydrogen-bond donors (Lipinski definition) is 1. The van der Waals surface area contributed by atoms with Crippen molar-refractivity contribution in [2.24, 2.45) is 0 Å². The Morgan fingerprint density at radius 1 is 1.60 bits per heavy atom. The lowest BCUT2D eigenvalue weighted by Gasteiger charge is -2.12. The monoisotopic (exact) mass is 203 g/mol. The van der Waals surface area contributed by atoms with Crippen molar-refractivity contribution >= 4 is 11.0 Å². The van der Waals surface area contributed by atoms with Crippen LogP contribution in [0.3, 0.4) is 0 Å². The van der Waals surface area contributed by atoms with E-state index in [1.807, 2.05) is 25.1 Å². The standard InChI is InChI=1S/C11H13N3O/c1-3-10(15-4-2)8-6-5-7-9-11(8)13-14-12-9/h3,5-7,10H,1,4H2,2H3,(H,12,13,14). The predicted octanol–water partition coefficient (Wildman–Crippen LogP) is 2.22. The molecule has 1 heterocycles. The molecule has 1 atom stereocenters. The highest BCUT2D eigenvalue weighted by Crippen LogP contribution is 2.24. The molecule has 15 heavy (non-hydrogen) atoms. The molecule has 4 nitrogen and oxygen atoms in total. The summed E-state index contributed by atoms with van der Waals surface area (Å²) in [4.78, 5) is 0. The van der Waals surface area contributed by atoms with Gasteiger partial charge >= 0.3 is 0 Å². The Morgan fingerprint density at radius 2 is 2.47 bits per heavy atom. The van der Waals surface area contributed by atoms with Crippen molar-refractivity contribution in [1.29, 1.82) is 0 Å². The second-order valence-corrected chi connectivity index (χ2v) is 3.17. The summed E-state index contributed by atoms with van der Waals surface area (Å²) in [6, 6.07) is 5.87. The quantitative estimate of drug-likeness (QED) is 0.775. The molecule has 1 aromatic carbocycles. The number of nitrogens with zero attached hydrogens (tertiary/aromatic N) is 2. The maximum atomic E-state index is 5.55. The summed E-state index contributed by atoms with van der Waals surface area (Å²) in [6.45, 7) is 6.37. The Morgan fingerprint density at radius 3 is 3.20 bits per heavy atom. The van der Waals surface area contributed by atoms with Gasteiger partial charge in [0, 0.05) is 12.2 Å². The van der Waals surface area contributed by atoms with Crippen LogP contribution in [-0.2, 0) is 4.74 Å². The molecule has 0 radical (unpaired) electrons. The van der Waals surface area contributed by atoms with Crippen LogP contribution in [0.15, 0.2) is 30.9 Å². The second-order valence-electron chi connectivity index (χ2n) is 3.17. The fraction of sp³-hybridized carbons (Fsp3) is 0.273. The SMILES string of the molecule is C=CC(OCC)c1cccc2[nH]nnc12. The number of hydrogen-bond acceptors (Lipinski definition) is 3. The van der Waals surface area contributed by atoms with E-state index in [9.17, 15) is 0 Å². The third-order valence-electron chi connectivity index (χ3n) is 2.25. The maximum Gasteiger partial charge on any atom is 0.119 e.